The maximum atomic E-state index is 12.2. The van der Waals surface area contributed by atoms with Gasteiger partial charge in [0.25, 0.3) is 0 Å². The Balaban J connectivity index is 2.77. The number of imidazole rings is 1. The molecule has 0 saturated heterocycles. The molecule has 0 fully saturated rings. The minimum absolute atomic E-state index is 0.00745. The van der Waals surface area contributed by atoms with Gasteiger partial charge in [0.15, 0.2) is 0 Å². The van der Waals surface area contributed by atoms with Crippen LogP contribution >= 0.6 is 0 Å². The van der Waals surface area contributed by atoms with Crippen LogP contribution in [0.3, 0.4) is 0 Å². The summed E-state index contributed by atoms with van der Waals surface area (Å²) in [5.74, 6) is -0.00745. The zero-order valence-electron chi connectivity index (χ0n) is 10.5. The van der Waals surface area contributed by atoms with Crippen molar-refractivity contribution >= 4 is 32.7 Å². The Kier molecular flexibility index (Phi) is 2.94. The predicted molar refractivity (Wildman–Crippen MR) is 73.1 cm³/mol. The maximum absolute atomic E-state index is 12.2. The predicted octanol–water partition coefficient (Wildman–Crippen LogP) is 1.25. The first kappa shape index (κ1) is 12.7. The fourth-order valence-corrected chi connectivity index (χ4v) is 2.86. The van der Waals surface area contributed by atoms with Crippen molar-refractivity contribution in [1.82, 2.24) is 8.96 Å². The molecule has 0 aliphatic heterocycles. The molecule has 1 heterocycles. The molecule has 98 valence electrons. The molecule has 0 spiro atoms. The summed E-state index contributed by atoms with van der Waals surface area (Å²) in [6.07, 6.45) is 0. The standard InChI is InChI=1S/C11H16N4O2S/c1-7(2)18(16,17)15-10-5-4-8(13-3)6-9(10)14-11(15)12/h4-7,13H,1-3H3,(H2,12,14). The summed E-state index contributed by atoms with van der Waals surface area (Å²) in [4.78, 5) is 4.09. The molecule has 2 rings (SSSR count). The average Bonchev–Trinajstić information content (AvgIpc) is 2.63. The van der Waals surface area contributed by atoms with Crippen LogP contribution in [0.4, 0.5) is 11.6 Å². The number of rotatable bonds is 3. The van der Waals surface area contributed by atoms with E-state index in [0.717, 1.165) is 9.66 Å². The van der Waals surface area contributed by atoms with E-state index in [0.29, 0.717) is 11.0 Å². The number of nitrogens with two attached hydrogens (primary N) is 1. The molecule has 6 nitrogen and oxygen atoms in total. The topological polar surface area (TPSA) is 90.0 Å². The summed E-state index contributed by atoms with van der Waals surface area (Å²) < 4.78 is 25.5. The van der Waals surface area contributed by atoms with Gasteiger partial charge in [0.1, 0.15) is 0 Å². The summed E-state index contributed by atoms with van der Waals surface area (Å²) in [5.41, 5.74) is 7.64. The van der Waals surface area contributed by atoms with Crippen molar-refractivity contribution in [3.63, 3.8) is 0 Å². The normalized spacial score (nSPS) is 12.2. The van der Waals surface area contributed by atoms with Crippen LogP contribution in [0.25, 0.3) is 11.0 Å². The van der Waals surface area contributed by atoms with E-state index in [-0.39, 0.29) is 5.95 Å². The first-order valence-corrected chi connectivity index (χ1v) is 7.08. The third kappa shape index (κ3) is 1.80. The van der Waals surface area contributed by atoms with Crippen LogP contribution in [0, 0.1) is 0 Å². The molecule has 0 unspecified atom stereocenters. The van der Waals surface area contributed by atoms with Gasteiger partial charge in [-0.3, -0.25) is 0 Å². The van der Waals surface area contributed by atoms with Gasteiger partial charge in [-0.05, 0) is 32.0 Å². The van der Waals surface area contributed by atoms with Gasteiger partial charge in [-0.2, -0.15) is 0 Å². The van der Waals surface area contributed by atoms with Gasteiger partial charge in [-0.15, -0.1) is 0 Å². The fraction of sp³-hybridized carbons (Fsp3) is 0.364. The van der Waals surface area contributed by atoms with Gasteiger partial charge < -0.3 is 11.1 Å². The third-order valence-corrected chi connectivity index (χ3v) is 4.86. The van der Waals surface area contributed by atoms with Gasteiger partial charge in [0.05, 0.1) is 16.3 Å². The first-order chi connectivity index (χ1) is 8.37. The molecule has 0 aliphatic carbocycles. The van der Waals surface area contributed by atoms with E-state index >= 15 is 0 Å². The van der Waals surface area contributed by atoms with Crippen molar-refractivity contribution in [2.45, 2.75) is 19.1 Å². The van der Waals surface area contributed by atoms with E-state index in [4.69, 9.17) is 5.73 Å². The highest BCUT2D eigenvalue weighted by Gasteiger charge is 2.24. The van der Waals surface area contributed by atoms with Crippen molar-refractivity contribution in [3.05, 3.63) is 18.2 Å². The summed E-state index contributed by atoms with van der Waals surface area (Å²) in [6.45, 7) is 3.23. The van der Waals surface area contributed by atoms with Crippen molar-refractivity contribution in [2.24, 2.45) is 0 Å². The lowest BCUT2D eigenvalue weighted by Gasteiger charge is -2.11. The smallest absolute Gasteiger partial charge is 0.244 e. The number of anilines is 2. The van der Waals surface area contributed by atoms with E-state index in [1.807, 2.05) is 0 Å². The Hall–Kier alpha value is -1.76. The Labute approximate surface area is 106 Å². The van der Waals surface area contributed by atoms with E-state index in [9.17, 15) is 8.42 Å². The lowest BCUT2D eigenvalue weighted by atomic mass is 10.3. The molecule has 3 N–H and O–H groups in total. The highest BCUT2D eigenvalue weighted by atomic mass is 32.2. The fourth-order valence-electron chi connectivity index (χ4n) is 1.71. The van der Waals surface area contributed by atoms with E-state index in [1.54, 1.807) is 39.1 Å². The molecular weight excluding hydrogens is 252 g/mol. The van der Waals surface area contributed by atoms with Crippen LogP contribution in [-0.2, 0) is 10.0 Å². The second kappa shape index (κ2) is 4.16. The average molecular weight is 268 g/mol. The second-order valence-electron chi connectivity index (χ2n) is 4.28. The second-order valence-corrected chi connectivity index (χ2v) is 6.62. The summed E-state index contributed by atoms with van der Waals surface area (Å²) in [5, 5.41) is 2.42. The van der Waals surface area contributed by atoms with Crippen molar-refractivity contribution in [2.75, 3.05) is 18.1 Å². The van der Waals surface area contributed by atoms with Gasteiger partial charge >= 0.3 is 0 Å². The van der Waals surface area contributed by atoms with Crippen LogP contribution in [0.15, 0.2) is 18.2 Å². The van der Waals surface area contributed by atoms with E-state index < -0.39 is 15.3 Å². The van der Waals surface area contributed by atoms with Gasteiger partial charge in [-0.25, -0.2) is 17.4 Å². The van der Waals surface area contributed by atoms with Crippen LogP contribution in [0.1, 0.15) is 13.8 Å². The van der Waals surface area contributed by atoms with E-state index in [2.05, 4.69) is 10.3 Å². The van der Waals surface area contributed by atoms with Crippen molar-refractivity contribution in [1.29, 1.82) is 0 Å². The van der Waals surface area contributed by atoms with Gasteiger partial charge in [-0.1, -0.05) is 0 Å². The molecule has 7 heteroatoms. The minimum atomic E-state index is -3.50. The minimum Gasteiger partial charge on any atom is -0.388 e. The van der Waals surface area contributed by atoms with Crippen LogP contribution in [0.5, 0.6) is 0 Å². The van der Waals surface area contributed by atoms with Gasteiger partial charge in [0.2, 0.25) is 16.0 Å². The molecule has 1 aromatic carbocycles. The van der Waals surface area contributed by atoms with E-state index in [1.165, 1.54) is 0 Å². The van der Waals surface area contributed by atoms with Crippen molar-refractivity contribution in [3.8, 4) is 0 Å². The lowest BCUT2D eigenvalue weighted by molar-refractivity contribution is 0.580. The number of nitrogens with one attached hydrogen (secondary N) is 1. The number of fused-ring (bicyclic) bond motifs is 1. The Morgan fingerprint density at radius 1 is 1.39 bits per heavy atom. The summed E-state index contributed by atoms with van der Waals surface area (Å²) in [7, 11) is -1.72. The summed E-state index contributed by atoms with van der Waals surface area (Å²) >= 11 is 0. The molecule has 0 atom stereocenters. The zero-order chi connectivity index (χ0) is 13.5. The zero-order valence-corrected chi connectivity index (χ0v) is 11.3. The molecule has 0 saturated carbocycles. The summed E-state index contributed by atoms with van der Waals surface area (Å²) in [6, 6.07) is 5.25. The SMILES string of the molecule is CNc1ccc2c(c1)nc(N)n2S(=O)(=O)C(C)C. The molecular formula is C11H16N4O2S. The molecule has 0 bridgehead atoms. The highest BCUT2D eigenvalue weighted by Crippen LogP contribution is 2.24. The van der Waals surface area contributed by atoms with Crippen LogP contribution < -0.4 is 11.1 Å². The largest absolute Gasteiger partial charge is 0.388 e. The van der Waals surface area contributed by atoms with Gasteiger partial charge in [0, 0.05) is 12.7 Å². The molecule has 2 aromatic rings. The molecule has 0 aliphatic rings. The number of nitrogen functional groups attached to an aromatic ring is 1. The Morgan fingerprint density at radius 3 is 2.61 bits per heavy atom. The van der Waals surface area contributed by atoms with Crippen LogP contribution in [-0.4, -0.2) is 29.7 Å². The quantitative estimate of drug-likeness (QED) is 0.874. The third-order valence-electron chi connectivity index (χ3n) is 2.78. The number of benzene rings is 1. The number of nitrogens with zero attached hydrogens (tertiary/aromatic N) is 2. The highest BCUT2D eigenvalue weighted by molar-refractivity contribution is 7.90. The Morgan fingerprint density at radius 2 is 2.06 bits per heavy atom. The number of aromatic nitrogens is 2. The molecule has 1 aromatic heterocycles. The number of hydrogen-bond acceptors (Lipinski definition) is 5. The number of hydrogen-bond donors (Lipinski definition) is 2. The maximum Gasteiger partial charge on any atom is 0.244 e. The Bertz CT molecular complexity index is 688. The monoisotopic (exact) mass is 268 g/mol. The molecule has 0 radical (unpaired) electrons. The molecule has 18 heavy (non-hydrogen) atoms. The first-order valence-electron chi connectivity index (χ1n) is 5.58. The lowest BCUT2D eigenvalue weighted by Crippen LogP contribution is -2.23. The van der Waals surface area contributed by atoms with Crippen molar-refractivity contribution < 1.29 is 8.42 Å². The molecule has 0 amide bonds. The van der Waals surface area contributed by atoms with Crippen LogP contribution in [0.2, 0.25) is 0 Å².